The minimum atomic E-state index is 0.222. The normalized spacial score (nSPS) is 17.3. The molecule has 3 aromatic heterocycles. The zero-order valence-electron chi connectivity index (χ0n) is 16.8. The third-order valence-corrected chi connectivity index (χ3v) is 5.80. The van der Waals surface area contributed by atoms with Crippen molar-refractivity contribution in [3.63, 3.8) is 0 Å². The summed E-state index contributed by atoms with van der Waals surface area (Å²) in [7, 11) is 0. The van der Waals surface area contributed by atoms with Crippen molar-refractivity contribution in [1.82, 2.24) is 29.4 Å². The fourth-order valence-corrected chi connectivity index (χ4v) is 4.10. The number of fused-ring (bicyclic) bond motifs is 1. The first kappa shape index (κ1) is 18.6. The number of hydrogen-bond acceptors (Lipinski definition) is 8. The number of hydrogen-bond donors (Lipinski definition) is 1. The molecule has 156 valence electrons. The summed E-state index contributed by atoms with van der Waals surface area (Å²) in [4.78, 5) is 36.3. The number of pyridine rings is 1. The first-order valence-corrected chi connectivity index (χ1v) is 10.4. The van der Waals surface area contributed by atoms with Crippen LogP contribution < -0.4 is 15.5 Å². The summed E-state index contributed by atoms with van der Waals surface area (Å²) in [5, 5.41) is 0. The standard InChI is InChI=1S/C20H25N9O/c21-18-17-19(29(14-23-17)13-10-27-7-3-5-16(27)30)25-20(24-18)28-11-8-26(9-12-28)15-4-1-2-6-22-15/h1-2,4,6,14H,3,5,7-13H2,(H2,21,24,25). The maximum atomic E-state index is 11.9. The smallest absolute Gasteiger partial charge is 0.229 e. The number of rotatable bonds is 5. The second kappa shape index (κ2) is 7.77. The van der Waals surface area contributed by atoms with Gasteiger partial charge in [0.1, 0.15) is 11.3 Å². The molecule has 10 nitrogen and oxygen atoms in total. The van der Waals surface area contributed by atoms with E-state index in [1.165, 1.54) is 0 Å². The lowest BCUT2D eigenvalue weighted by Crippen LogP contribution is -2.47. The highest BCUT2D eigenvalue weighted by atomic mass is 16.2. The summed E-state index contributed by atoms with van der Waals surface area (Å²) in [6.07, 6.45) is 5.14. The molecule has 0 bridgehead atoms. The molecule has 0 atom stereocenters. The third-order valence-electron chi connectivity index (χ3n) is 5.80. The molecule has 2 saturated heterocycles. The topological polar surface area (TPSA) is 109 Å². The number of aromatic nitrogens is 5. The zero-order valence-corrected chi connectivity index (χ0v) is 16.8. The molecule has 10 heteroatoms. The lowest BCUT2D eigenvalue weighted by Gasteiger charge is -2.35. The highest BCUT2D eigenvalue weighted by molar-refractivity contribution is 5.83. The summed E-state index contributed by atoms with van der Waals surface area (Å²) in [6.45, 7) is 5.39. The Balaban J connectivity index is 1.32. The number of amides is 1. The number of carbonyl (C=O) groups excluding carboxylic acids is 1. The summed E-state index contributed by atoms with van der Waals surface area (Å²) >= 11 is 0. The summed E-state index contributed by atoms with van der Waals surface area (Å²) in [6, 6.07) is 5.96. The third kappa shape index (κ3) is 3.49. The van der Waals surface area contributed by atoms with Crippen LogP contribution in [0.2, 0.25) is 0 Å². The van der Waals surface area contributed by atoms with Crippen LogP contribution in [0.25, 0.3) is 11.2 Å². The Labute approximate surface area is 174 Å². The van der Waals surface area contributed by atoms with E-state index in [2.05, 4.69) is 24.8 Å². The summed E-state index contributed by atoms with van der Waals surface area (Å²) < 4.78 is 1.96. The minimum absolute atomic E-state index is 0.222. The van der Waals surface area contributed by atoms with Crippen molar-refractivity contribution in [2.24, 2.45) is 0 Å². The number of nitrogens with two attached hydrogens (primary N) is 1. The van der Waals surface area contributed by atoms with E-state index in [-0.39, 0.29) is 5.91 Å². The van der Waals surface area contributed by atoms with Crippen molar-refractivity contribution in [2.45, 2.75) is 19.4 Å². The van der Waals surface area contributed by atoms with Crippen molar-refractivity contribution in [1.29, 1.82) is 0 Å². The average Bonchev–Trinajstić information content (AvgIpc) is 3.39. The highest BCUT2D eigenvalue weighted by Gasteiger charge is 2.23. The van der Waals surface area contributed by atoms with Crippen LogP contribution in [0.3, 0.4) is 0 Å². The van der Waals surface area contributed by atoms with Crippen LogP contribution in [-0.2, 0) is 11.3 Å². The van der Waals surface area contributed by atoms with E-state index in [9.17, 15) is 4.79 Å². The fourth-order valence-electron chi connectivity index (χ4n) is 4.10. The summed E-state index contributed by atoms with van der Waals surface area (Å²) in [5.41, 5.74) is 7.53. The van der Waals surface area contributed by atoms with Crippen molar-refractivity contribution < 1.29 is 4.79 Å². The van der Waals surface area contributed by atoms with Crippen LogP contribution >= 0.6 is 0 Å². The quantitative estimate of drug-likeness (QED) is 0.660. The number of imidazole rings is 1. The maximum absolute atomic E-state index is 11.9. The van der Waals surface area contributed by atoms with Gasteiger partial charge in [-0.15, -0.1) is 0 Å². The van der Waals surface area contributed by atoms with Gasteiger partial charge in [-0.3, -0.25) is 4.79 Å². The van der Waals surface area contributed by atoms with E-state index < -0.39 is 0 Å². The van der Waals surface area contributed by atoms with Gasteiger partial charge < -0.3 is 25.0 Å². The molecule has 2 aliphatic rings. The van der Waals surface area contributed by atoms with E-state index >= 15 is 0 Å². The Morgan fingerprint density at radius 1 is 0.967 bits per heavy atom. The Kier molecular flexibility index (Phi) is 4.82. The van der Waals surface area contributed by atoms with Gasteiger partial charge in [0.2, 0.25) is 11.9 Å². The van der Waals surface area contributed by atoms with Crippen LogP contribution in [0, 0.1) is 0 Å². The van der Waals surface area contributed by atoms with Crippen molar-refractivity contribution in [3.05, 3.63) is 30.7 Å². The molecule has 2 aliphatic heterocycles. The number of anilines is 3. The molecule has 0 aliphatic carbocycles. The molecular formula is C20H25N9O. The lowest BCUT2D eigenvalue weighted by molar-refractivity contribution is -0.127. The molecule has 2 N–H and O–H groups in total. The average molecular weight is 407 g/mol. The molecule has 5 rings (SSSR count). The molecule has 2 fully saturated rings. The molecule has 0 unspecified atom stereocenters. The maximum Gasteiger partial charge on any atom is 0.229 e. The van der Waals surface area contributed by atoms with Crippen LogP contribution in [0.4, 0.5) is 17.6 Å². The molecule has 5 heterocycles. The Morgan fingerprint density at radius 2 is 1.80 bits per heavy atom. The summed E-state index contributed by atoms with van der Waals surface area (Å²) in [5.74, 6) is 2.22. The van der Waals surface area contributed by atoms with Crippen molar-refractivity contribution in [3.8, 4) is 0 Å². The van der Waals surface area contributed by atoms with E-state index in [0.29, 0.717) is 36.8 Å². The molecule has 3 aromatic rings. The van der Waals surface area contributed by atoms with Crippen LogP contribution in [0.5, 0.6) is 0 Å². The van der Waals surface area contributed by atoms with Crippen LogP contribution in [-0.4, -0.2) is 74.6 Å². The largest absolute Gasteiger partial charge is 0.382 e. The van der Waals surface area contributed by atoms with E-state index in [1.807, 2.05) is 33.9 Å². The monoisotopic (exact) mass is 407 g/mol. The second-order valence-corrected chi connectivity index (χ2v) is 7.67. The van der Waals surface area contributed by atoms with Gasteiger partial charge in [-0.05, 0) is 18.6 Å². The van der Waals surface area contributed by atoms with Crippen molar-refractivity contribution >= 4 is 34.7 Å². The van der Waals surface area contributed by atoms with Gasteiger partial charge in [0.15, 0.2) is 11.5 Å². The van der Waals surface area contributed by atoms with E-state index in [4.69, 9.17) is 10.7 Å². The number of piperazine rings is 1. The fraction of sp³-hybridized carbons (Fsp3) is 0.450. The van der Waals surface area contributed by atoms with Gasteiger partial charge in [0.25, 0.3) is 0 Å². The minimum Gasteiger partial charge on any atom is -0.382 e. The Morgan fingerprint density at radius 3 is 2.53 bits per heavy atom. The van der Waals surface area contributed by atoms with Gasteiger partial charge in [0.05, 0.1) is 6.33 Å². The molecule has 0 aromatic carbocycles. The van der Waals surface area contributed by atoms with Crippen molar-refractivity contribution in [2.75, 3.05) is 54.8 Å². The van der Waals surface area contributed by atoms with Gasteiger partial charge in [-0.2, -0.15) is 9.97 Å². The molecule has 30 heavy (non-hydrogen) atoms. The number of nitrogen functional groups attached to an aromatic ring is 1. The molecule has 0 radical (unpaired) electrons. The number of carbonyl (C=O) groups is 1. The first-order chi connectivity index (χ1) is 14.7. The zero-order chi connectivity index (χ0) is 20.5. The molecule has 0 saturated carbocycles. The van der Waals surface area contributed by atoms with Gasteiger partial charge in [-0.1, -0.05) is 6.07 Å². The number of likely N-dealkylation sites (tertiary alicyclic amines) is 1. The second-order valence-electron chi connectivity index (χ2n) is 7.67. The van der Waals surface area contributed by atoms with E-state index in [0.717, 1.165) is 50.6 Å². The Bertz CT molecular complexity index is 1040. The molecule has 0 spiro atoms. The van der Waals surface area contributed by atoms with Gasteiger partial charge >= 0.3 is 0 Å². The molecule has 1 amide bonds. The highest BCUT2D eigenvalue weighted by Crippen LogP contribution is 2.22. The van der Waals surface area contributed by atoms with Gasteiger partial charge in [0, 0.05) is 58.4 Å². The van der Waals surface area contributed by atoms with Crippen LogP contribution in [0.15, 0.2) is 30.7 Å². The predicted octanol–water partition coefficient (Wildman–Crippen LogP) is 0.752. The molecular weight excluding hydrogens is 382 g/mol. The first-order valence-electron chi connectivity index (χ1n) is 10.4. The van der Waals surface area contributed by atoms with Crippen LogP contribution in [0.1, 0.15) is 12.8 Å². The lowest BCUT2D eigenvalue weighted by atomic mass is 10.3. The SMILES string of the molecule is Nc1nc(N2CCN(c3ccccn3)CC2)nc2c1ncn2CCN1CCCC1=O. The number of nitrogens with zero attached hydrogens (tertiary/aromatic N) is 8. The van der Waals surface area contributed by atoms with Gasteiger partial charge in [-0.25, -0.2) is 9.97 Å². The Hall–Kier alpha value is -3.43. The van der Waals surface area contributed by atoms with E-state index in [1.54, 1.807) is 6.33 Å². The predicted molar refractivity (Wildman–Crippen MR) is 114 cm³/mol.